The lowest BCUT2D eigenvalue weighted by Gasteiger charge is -2.06. The van der Waals surface area contributed by atoms with Crippen molar-refractivity contribution in [1.82, 2.24) is 4.90 Å². The van der Waals surface area contributed by atoms with E-state index in [2.05, 4.69) is 0 Å². The summed E-state index contributed by atoms with van der Waals surface area (Å²) in [5, 5.41) is 25.5. The van der Waals surface area contributed by atoms with Gasteiger partial charge in [-0.2, -0.15) is 15.8 Å². The summed E-state index contributed by atoms with van der Waals surface area (Å²) < 4.78 is 0. The Labute approximate surface area is 69.0 Å². The number of hydrogen-bond donors (Lipinski definition) is 0. The first kappa shape index (κ1) is 8.04. The van der Waals surface area contributed by atoms with Crippen molar-refractivity contribution in [3.05, 3.63) is 0 Å². The number of hydrogen-bond acceptors (Lipinski definition) is 4. The van der Waals surface area contributed by atoms with E-state index in [-0.39, 0.29) is 13.0 Å². The predicted molar refractivity (Wildman–Crippen MR) is 35.6 cm³/mol. The van der Waals surface area contributed by atoms with Gasteiger partial charge in [0.05, 0.1) is 12.1 Å². The van der Waals surface area contributed by atoms with Crippen LogP contribution in [0.25, 0.3) is 0 Å². The van der Waals surface area contributed by atoms with Crippen molar-refractivity contribution in [2.24, 2.45) is 5.41 Å². The summed E-state index contributed by atoms with van der Waals surface area (Å²) in [7, 11) is 0. The second-order valence-corrected chi connectivity index (χ2v) is 2.44. The average Bonchev–Trinajstić information content (AvgIpc) is 2.43. The molecular formula is C7H4N4O. The topological polar surface area (TPSA) is 91.7 Å². The van der Waals surface area contributed by atoms with Crippen molar-refractivity contribution in [3.63, 3.8) is 0 Å². The summed E-state index contributed by atoms with van der Waals surface area (Å²) in [6, 6.07) is 3.28. The molecule has 1 rings (SSSR count). The maximum atomic E-state index is 11.2. The molecule has 0 radical (unpaired) electrons. The molecule has 1 aliphatic heterocycles. The Morgan fingerprint density at radius 2 is 1.92 bits per heavy atom. The molecule has 1 saturated heterocycles. The summed E-state index contributed by atoms with van der Waals surface area (Å²) in [5.74, 6) is -0.699. The van der Waals surface area contributed by atoms with Crippen LogP contribution in [0, 0.1) is 39.5 Å². The molecule has 0 atom stereocenters. The molecule has 5 heteroatoms. The quantitative estimate of drug-likeness (QED) is 0.456. The molecule has 5 nitrogen and oxygen atoms in total. The highest BCUT2D eigenvalue weighted by Gasteiger charge is 2.48. The van der Waals surface area contributed by atoms with Crippen LogP contribution in [0.3, 0.4) is 0 Å². The van der Waals surface area contributed by atoms with Crippen LogP contribution in [-0.2, 0) is 4.79 Å². The highest BCUT2D eigenvalue weighted by molar-refractivity contribution is 5.91. The Kier molecular flexibility index (Phi) is 1.69. The number of nitrogens with zero attached hydrogens (tertiary/aromatic N) is 4. The van der Waals surface area contributed by atoms with E-state index in [1.165, 1.54) is 0 Å². The van der Waals surface area contributed by atoms with E-state index < -0.39 is 11.3 Å². The molecule has 0 unspecified atom stereocenters. The molecule has 0 bridgehead atoms. The van der Waals surface area contributed by atoms with Gasteiger partial charge in [0.25, 0.3) is 5.91 Å². The van der Waals surface area contributed by atoms with Crippen LogP contribution < -0.4 is 0 Å². The van der Waals surface area contributed by atoms with Gasteiger partial charge in [0.15, 0.2) is 6.19 Å². The molecule has 0 aliphatic carbocycles. The lowest BCUT2D eigenvalue weighted by molar-refractivity contribution is -0.129. The first-order chi connectivity index (χ1) is 5.70. The molecule has 0 aromatic carbocycles. The van der Waals surface area contributed by atoms with Crippen LogP contribution in [0.2, 0.25) is 0 Å². The second-order valence-electron chi connectivity index (χ2n) is 2.44. The SMILES string of the molecule is N#CN1CCC(C#N)(C#N)C1=O. The fraction of sp³-hybridized carbons (Fsp3) is 0.429. The summed E-state index contributed by atoms with van der Waals surface area (Å²) in [4.78, 5) is 12.0. The Balaban J connectivity index is 3.04. The molecule has 1 fully saturated rings. The molecule has 12 heavy (non-hydrogen) atoms. The van der Waals surface area contributed by atoms with Crippen LogP contribution in [0.4, 0.5) is 0 Å². The molecule has 1 amide bonds. The Bertz CT molecular complexity index is 326. The predicted octanol–water partition coefficient (Wildman–Crippen LogP) is -0.267. The van der Waals surface area contributed by atoms with Gasteiger partial charge >= 0.3 is 0 Å². The van der Waals surface area contributed by atoms with Gasteiger partial charge in [0.1, 0.15) is 0 Å². The van der Waals surface area contributed by atoms with Crippen LogP contribution in [0.5, 0.6) is 0 Å². The van der Waals surface area contributed by atoms with Crippen molar-refractivity contribution in [3.8, 4) is 18.3 Å². The average molecular weight is 160 g/mol. The second kappa shape index (κ2) is 2.53. The minimum Gasteiger partial charge on any atom is -0.271 e. The van der Waals surface area contributed by atoms with Crippen molar-refractivity contribution >= 4 is 5.91 Å². The highest BCUT2D eigenvalue weighted by Crippen LogP contribution is 2.29. The number of likely N-dealkylation sites (tertiary alicyclic amines) is 1. The summed E-state index contributed by atoms with van der Waals surface area (Å²) >= 11 is 0. The maximum absolute atomic E-state index is 11.2. The number of rotatable bonds is 0. The zero-order valence-corrected chi connectivity index (χ0v) is 6.11. The molecule has 1 heterocycles. The van der Waals surface area contributed by atoms with E-state index in [9.17, 15) is 4.79 Å². The third-order valence-electron chi connectivity index (χ3n) is 1.82. The number of nitriles is 3. The molecule has 0 N–H and O–H groups in total. The van der Waals surface area contributed by atoms with Crippen LogP contribution in [0.15, 0.2) is 0 Å². The van der Waals surface area contributed by atoms with E-state index in [0.29, 0.717) is 0 Å². The number of carbonyl (C=O) groups is 1. The molecule has 0 spiro atoms. The van der Waals surface area contributed by atoms with Gasteiger partial charge in [0, 0.05) is 13.0 Å². The Hall–Kier alpha value is -2.06. The minimum atomic E-state index is -1.62. The minimum absolute atomic E-state index is 0.117. The summed E-state index contributed by atoms with van der Waals surface area (Å²) in [5.41, 5.74) is -1.62. The zero-order valence-electron chi connectivity index (χ0n) is 6.11. The smallest absolute Gasteiger partial charge is 0.270 e. The highest BCUT2D eigenvalue weighted by atomic mass is 16.2. The fourth-order valence-corrected chi connectivity index (χ4v) is 1.05. The number of amides is 1. The van der Waals surface area contributed by atoms with Gasteiger partial charge in [-0.15, -0.1) is 0 Å². The normalized spacial score (nSPS) is 19.4. The van der Waals surface area contributed by atoms with Crippen LogP contribution in [0.1, 0.15) is 6.42 Å². The van der Waals surface area contributed by atoms with Gasteiger partial charge in [-0.25, -0.2) is 4.90 Å². The lowest BCUT2D eigenvalue weighted by atomic mass is 9.90. The van der Waals surface area contributed by atoms with Crippen molar-refractivity contribution < 1.29 is 4.79 Å². The largest absolute Gasteiger partial charge is 0.271 e. The van der Waals surface area contributed by atoms with E-state index in [1.807, 2.05) is 0 Å². The van der Waals surface area contributed by atoms with Gasteiger partial charge in [-0.1, -0.05) is 0 Å². The first-order valence-electron chi connectivity index (χ1n) is 3.24. The first-order valence-corrected chi connectivity index (χ1v) is 3.24. The van der Waals surface area contributed by atoms with Gasteiger partial charge in [0.2, 0.25) is 5.41 Å². The molecule has 1 aliphatic rings. The monoisotopic (exact) mass is 160 g/mol. The molecule has 58 valence electrons. The summed E-state index contributed by atoms with van der Waals surface area (Å²) in [6.45, 7) is 0.163. The van der Waals surface area contributed by atoms with E-state index in [1.54, 1.807) is 18.3 Å². The van der Waals surface area contributed by atoms with Gasteiger partial charge in [-0.05, 0) is 0 Å². The maximum Gasteiger partial charge on any atom is 0.270 e. The third-order valence-corrected chi connectivity index (χ3v) is 1.82. The standard InChI is InChI=1S/C7H4N4O/c8-3-7(4-9)1-2-11(5-10)6(7)12/h1-2H2. The van der Waals surface area contributed by atoms with Gasteiger partial charge in [-0.3, -0.25) is 4.79 Å². The Morgan fingerprint density at radius 1 is 1.33 bits per heavy atom. The van der Waals surface area contributed by atoms with E-state index >= 15 is 0 Å². The molecular weight excluding hydrogens is 156 g/mol. The van der Waals surface area contributed by atoms with Gasteiger partial charge < -0.3 is 0 Å². The van der Waals surface area contributed by atoms with E-state index in [4.69, 9.17) is 15.8 Å². The summed E-state index contributed by atoms with van der Waals surface area (Å²) in [6.07, 6.45) is 1.74. The van der Waals surface area contributed by atoms with Crippen LogP contribution in [-0.4, -0.2) is 17.4 Å². The van der Waals surface area contributed by atoms with Crippen molar-refractivity contribution in [1.29, 1.82) is 15.8 Å². The van der Waals surface area contributed by atoms with E-state index in [0.717, 1.165) is 4.90 Å². The van der Waals surface area contributed by atoms with Crippen molar-refractivity contribution in [2.75, 3.05) is 6.54 Å². The third kappa shape index (κ3) is 0.794. The van der Waals surface area contributed by atoms with Crippen LogP contribution >= 0.6 is 0 Å². The molecule has 0 aromatic rings. The zero-order chi connectivity index (χ0) is 9.19. The fourth-order valence-electron chi connectivity index (χ4n) is 1.05. The molecule has 0 aromatic heterocycles. The molecule has 0 saturated carbocycles. The Morgan fingerprint density at radius 3 is 2.17 bits per heavy atom. The number of carbonyl (C=O) groups excluding carboxylic acids is 1. The lowest BCUT2D eigenvalue weighted by Crippen LogP contribution is -2.29. The van der Waals surface area contributed by atoms with Crippen molar-refractivity contribution in [2.45, 2.75) is 6.42 Å².